The zero-order valence-electron chi connectivity index (χ0n) is 10.3. The lowest BCUT2D eigenvalue weighted by Gasteiger charge is -2.18. The van der Waals surface area contributed by atoms with E-state index in [1.165, 1.54) is 4.88 Å². The van der Waals surface area contributed by atoms with Crippen LogP contribution in [-0.4, -0.2) is 19.1 Å². The van der Waals surface area contributed by atoms with Gasteiger partial charge in [0.15, 0.2) is 0 Å². The van der Waals surface area contributed by atoms with Gasteiger partial charge in [0.05, 0.1) is 17.6 Å². The number of pyridine rings is 1. The fourth-order valence-electron chi connectivity index (χ4n) is 1.88. The van der Waals surface area contributed by atoms with E-state index in [2.05, 4.69) is 16.4 Å². The summed E-state index contributed by atoms with van der Waals surface area (Å²) >= 11 is 7.56. The van der Waals surface area contributed by atoms with Crippen LogP contribution in [0.4, 0.5) is 0 Å². The number of likely N-dealkylation sites (N-methyl/N-ethyl adjacent to an activating group) is 1. The van der Waals surface area contributed by atoms with E-state index < -0.39 is 0 Å². The molecule has 0 fully saturated rings. The number of rotatable bonds is 5. The normalized spacial score (nSPS) is 12.4. The first kappa shape index (κ1) is 13.3. The summed E-state index contributed by atoms with van der Waals surface area (Å²) in [5.41, 5.74) is 1.11. The van der Waals surface area contributed by atoms with Crippen LogP contribution in [0.1, 0.15) is 16.5 Å². The molecule has 0 aromatic carbocycles. The third kappa shape index (κ3) is 3.02. The van der Waals surface area contributed by atoms with Gasteiger partial charge >= 0.3 is 0 Å². The summed E-state index contributed by atoms with van der Waals surface area (Å²) < 4.78 is 6.17. The molecule has 0 spiro atoms. The van der Waals surface area contributed by atoms with Crippen LogP contribution in [0, 0.1) is 0 Å². The van der Waals surface area contributed by atoms with Gasteiger partial charge in [-0.05, 0) is 25.2 Å². The Morgan fingerprint density at radius 1 is 1.44 bits per heavy atom. The summed E-state index contributed by atoms with van der Waals surface area (Å²) in [5.74, 6) is 0.805. The molecule has 2 aromatic rings. The molecule has 1 atom stereocenters. The highest BCUT2D eigenvalue weighted by Crippen LogP contribution is 2.30. The van der Waals surface area contributed by atoms with Gasteiger partial charge in [0.2, 0.25) is 0 Å². The summed E-state index contributed by atoms with van der Waals surface area (Å²) in [6, 6.07) is 6.16. The van der Waals surface area contributed by atoms with Gasteiger partial charge in [-0.25, -0.2) is 0 Å². The minimum Gasteiger partial charge on any atom is -0.495 e. The zero-order chi connectivity index (χ0) is 13.0. The summed E-state index contributed by atoms with van der Waals surface area (Å²) in [4.78, 5) is 5.32. The molecule has 0 aliphatic heterocycles. The second-order valence-electron chi connectivity index (χ2n) is 3.87. The molecule has 0 amide bonds. The van der Waals surface area contributed by atoms with Crippen molar-refractivity contribution in [1.29, 1.82) is 0 Å². The van der Waals surface area contributed by atoms with Gasteiger partial charge in [-0.2, -0.15) is 0 Å². The highest BCUT2D eigenvalue weighted by molar-refractivity contribution is 7.16. The second-order valence-corrected chi connectivity index (χ2v) is 5.67. The molecule has 0 aliphatic rings. The number of thiophene rings is 1. The number of hydrogen-bond donors (Lipinski definition) is 1. The molecule has 0 saturated carbocycles. The Labute approximate surface area is 116 Å². The van der Waals surface area contributed by atoms with Crippen molar-refractivity contribution in [1.82, 2.24) is 10.3 Å². The Kier molecular flexibility index (Phi) is 4.58. The minimum absolute atomic E-state index is 0.192. The summed E-state index contributed by atoms with van der Waals surface area (Å²) in [6.07, 6.45) is 4.40. The van der Waals surface area contributed by atoms with Crippen molar-refractivity contribution >= 4 is 22.9 Å². The Bertz CT molecular complexity index is 515. The van der Waals surface area contributed by atoms with Gasteiger partial charge < -0.3 is 10.1 Å². The first-order valence-corrected chi connectivity index (χ1v) is 6.83. The molecule has 2 aromatic heterocycles. The molecule has 1 unspecified atom stereocenters. The van der Waals surface area contributed by atoms with Crippen molar-refractivity contribution in [2.45, 2.75) is 12.5 Å². The monoisotopic (exact) mass is 282 g/mol. The summed E-state index contributed by atoms with van der Waals surface area (Å²) in [7, 11) is 3.61. The van der Waals surface area contributed by atoms with Gasteiger partial charge in [-0.1, -0.05) is 11.6 Å². The second kappa shape index (κ2) is 6.18. The van der Waals surface area contributed by atoms with Gasteiger partial charge in [-0.15, -0.1) is 11.3 Å². The third-order valence-electron chi connectivity index (χ3n) is 2.79. The smallest absolute Gasteiger partial charge is 0.141 e. The van der Waals surface area contributed by atoms with Crippen LogP contribution in [0.5, 0.6) is 5.75 Å². The van der Waals surface area contributed by atoms with Crippen molar-refractivity contribution in [3.8, 4) is 5.75 Å². The van der Waals surface area contributed by atoms with Crippen molar-refractivity contribution in [3.63, 3.8) is 0 Å². The van der Waals surface area contributed by atoms with E-state index >= 15 is 0 Å². The SMILES string of the molecule is CNC(Cc1ccc(Cl)s1)c1ccncc1OC. The lowest BCUT2D eigenvalue weighted by atomic mass is 10.0. The molecular weight excluding hydrogens is 268 g/mol. The number of aromatic nitrogens is 1. The van der Waals surface area contributed by atoms with E-state index in [9.17, 15) is 0 Å². The van der Waals surface area contributed by atoms with Crippen molar-refractivity contribution in [2.75, 3.05) is 14.2 Å². The quantitative estimate of drug-likeness (QED) is 0.914. The standard InChI is InChI=1S/C13H15ClN2OS/c1-15-11(7-9-3-4-13(14)18-9)10-5-6-16-8-12(10)17-2/h3-6,8,11,15H,7H2,1-2H3. The number of ether oxygens (including phenoxy) is 1. The Morgan fingerprint density at radius 3 is 2.89 bits per heavy atom. The lowest BCUT2D eigenvalue weighted by Crippen LogP contribution is -2.19. The van der Waals surface area contributed by atoms with Crippen LogP contribution in [0.15, 0.2) is 30.6 Å². The molecule has 0 aliphatic carbocycles. The molecule has 1 N–H and O–H groups in total. The van der Waals surface area contributed by atoms with Crippen LogP contribution in [0.25, 0.3) is 0 Å². The third-order valence-corrected chi connectivity index (χ3v) is 4.05. The molecule has 18 heavy (non-hydrogen) atoms. The zero-order valence-corrected chi connectivity index (χ0v) is 11.9. The molecule has 0 bridgehead atoms. The summed E-state index contributed by atoms with van der Waals surface area (Å²) in [6.45, 7) is 0. The molecule has 0 radical (unpaired) electrons. The van der Waals surface area contributed by atoms with Crippen LogP contribution >= 0.6 is 22.9 Å². The highest BCUT2D eigenvalue weighted by atomic mass is 35.5. The lowest BCUT2D eigenvalue weighted by molar-refractivity contribution is 0.399. The number of halogens is 1. The van der Waals surface area contributed by atoms with Crippen LogP contribution in [-0.2, 0) is 6.42 Å². The van der Waals surface area contributed by atoms with E-state index in [1.54, 1.807) is 30.8 Å². The number of methoxy groups -OCH3 is 1. The van der Waals surface area contributed by atoms with E-state index in [-0.39, 0.29) is 6.04 Å². The van der Waals surface area contributed by atoms with Crippen LogP contribution in [0.2, 0.25) is 4.34 Å². The maximum Gasteiger partial charge on any atom is 0.141 e. The first-order valence-electron chi connectivity index (χ1n) is 5.64. The Morgan fingerprint density at radius 2 is 2.28 bits per heavy atom. The minimum atomic E-state index is 0.192. The van der Waals surface area contributed by atoms with E-state index in [1.807, 2.05) is 19.2 Å². The van der Waals surface area contributed by atoms with Gasteiger partial charge in [0, 0.05) is 29.1 Å². The predicted molar refractivity (Wildman–Crippen MR) is 75.6 cm³/mol. The van der Waals surface area contributed by atoms with E-state index in [4.69, 9.17) is 16.3 Å². The van der Waals surface area contributed by atoms with Crippen LogP contribution < -0.4 is 10.1 Å². The van der Waals surface area contributed by atoms with E-state index in [0.717, 1.165) is 22.1 Å². The Balaban J connectivity index is 2.22. The number of nitrogens with one attached hydrogen (secondary N) is 1. The predicted octanol–water partition coefficient (Wildman–Crippen LogP) is 3.31. The maximum absolute atomic E-state index is 5.96. The molecule has 3 nitrogen and oxygen atoms in total. The molecule has 96 valence electrons. The van der Waals surface area contributed by atoms with Gasteiger partial charge in [-0.3, -0.25) is 4.98 Å². The number of hydrogen-bond acceptors (Lipinski definition) is 4. The van der Waals surface area contributed by atoms with Crippen LogP contribution in [0.3, 0.4) is 0 Å². The fraction of sp³-hybridized carbons (Fsp3) is 0.308. The van der Waals surface area contributed by atoms with Gasteiger partial charge in [0.1, 0.15) is 5.75 Å². The largest absolute Gasteiger partial charge is 0.495 e. The van der Waals surface area contributed by atoms with Crippen molar-refractivity contribution in [3.05, 3.63) is 45.4 Å². The fourth-order valence-corrected chi connectivity index (χ4v) is 3.01. The molecule has 5 heteroatoms. The van der Waals surface area contributed by atoms with E-state index in [0.29, 0.717) is 0 Å². The summed E-state index contributed by atoms with van der Waals surface area (Å²) in [5, 5.41) is 3.31. The average molecular weight is 283 g/mol. The molecule has 0 saturated heterocycles. The van der Waals surface area contributed by atoms with Crippen molar-refractivity contribution in [2.24, 2.45) is 0 Å². The topological polar surface area (TPSA) is 34.2 Å². The average Bonchev–Trinajstić information content (AvgIpc) is 2.81. The maximum atomic E-state index is 5.96. The first-order chi connectivity index (χ1) is 8.74. The number of nitrogens with zero attached hydrogens (tertiary/aromatic N) is 1. The highest BCUT2D eigenvalue weighted by Gasteiger charge is 2.15. The molecule has 2 rings (SSSR count). The van der Waals surface area contributed by atoms with Crippen molar-refractivity contribution < 1.29 is 4.74 Å². The Hall–Kier alpha value is -1.10. The molecular formula is C13H15ClN2OS. The molecule has 2 heterocycles. The van der Waals surface area contributed by atoms with Gasteiger partial charge in [0.25, 0.3) is 0 Å².